The van der Waals surface area contributed by atoms with Crippen molar-refractivity contribution in [2.75, 3.05) is 0 Å². The maximum Gasteiger partial charge on any atom is 0.224 e. The van der Waals surface area contributed by atoms with E-state index in [-0.39, 0.29) is 27.6 Å². The maximum atomic E-state index is 12.6. The van der Waals surface area contributed by atoms with Crippen molar-refractivity contribution in [1.29, 1.82) is 0 Å². The lowest BCUT2D eigenvalue weighted by atomic mass is 10.1. The first kappa shape index (κ1) is 19.2. The minimum atomic E-state index is -1.66. The minimum Gasteiger partial charge on any atom is -0.345 e. The number of benzene rings is 1. The molecular formula is C16H16Cl5NO. The molecule has 3 atom stereocenters. The van der Waals surface area contributed by atoms with Gasteiger partial charge in [0, 0.05) is 0 Å². The first-order chi connectivity index (χ1) is 10.5. The molecule has 0 heterocycles. The average Bonchev–Trinajstić information content (AvgIpc) is 2.96. The summed E-state index contributed by atoms with van der Waals surface area (Å²) >= 11 is 29.6. The zero-order chi connectivity index (χ0) is 17.4. The zero-order valence-corrected chi connectivity index (χ0v) is 16.3. The van der Waals surface area contributed by atoms with E-state index in [9.17, 15) is 4.79 Å². The zero-order valence-electron chi connectivity index (χ0n) is 12.5. The van der Waals surface area contributed by atoms with Gasteiger partial charge in [-0.05, 0) is 23.0 Å². The number of hydrogen-bond acceptors (Lipinski definition) is 1. The molecule has 1 aromatic rings. The van der Waals surface area contributed by atoms with Crippen LogP contribution in [0.15, 0.2) is 40.9 Å². The Labute approximate surface area is 161 Å². The fourth-order valence-corrected chi connectivity index (χ4v) is 3.67. The number of carbonyl (C=O) groups is 1. The molecule has 2 nitrogen and oxygen atoms in total. The monoisotopic (exact) mass is 413 g/mol. The molecule has 0 bridgehead atoms. The van der Waals surface area contributed by atoms with Crippen LogP contribution in [0.4, 0.5) is 0 Å². The first-order valence-electron chi connectivity index (χ1n) is 7.00. The van der Waals surface area contributed by atoms with Crippen molar-refractivity contribution in [3.8, 4) is 0 Å². The third-order valence-corrected chi connectivity index (χ3v) is 5.15. The van der Waals surface area contributed by atoms with Crippen LogP contribution in [-0.2, 0) is 4.79 Å². The van der Waals surface area contributed by atoms with Crippen molar-refractivity contribution in [2.45, 2.75) is 23.7 Å². The highest BCUT2D eigenvalue weighted by molar-refractivity contribution is 6.68. The predicted molar refractivity (Wildman–Crippen MR) is 98.2 cm³/mol. The van der Waals surface area contributed by atoms with Crippen LogP contribution in [0.25, 0.3) is 0 Å². The molecule has 2 rings (SSSR count). The SMILES string of the molecule is CC1(C)[C@H](C=C(Cl)Cl)[C@H]1C(=O)N[C@@H](c1ccccc1)C(Cl)(Cl)Cl. The van der Waals surface area contributed by atoms with Crippen LogP contribution in [-0.4, -0.2) is 9.70 Å². The van der Waals surface area contributed by atoms with Gasteiger partial charge in [0.2, 0.25) is 9.70 Å². The lowest BCUT2D eigenvalue weighted by Gasteiger charge is -2.26. The summed E-state index contributed by atoms with van der Waals surface area (Å²) in [5, 5.41) is 2.84. The van der Waals surface area contributed by atoms with Crippen LogP contribution in [0.1, 0.15) is 25.5 Å². The van der Waals surface area contributed by atoms with Crippen molar-refractivity contribution in [1.82, 2.24) is 5.32 Å². The second kappa shape index (κ2) is 7.01. The Morgan fingerprint density at radius 2 is 1.78 bits per heavy atom. The van der Waals surface area contributed by atoms with Gasteiger partial charge in [0.1, 0.15) is 10.5 Å². The molecule has 1 aliphatic carbocycles. The summed E-state index contributed by atoms with van der Waals surface area (Å²) in [6.45, 7) is 3.95. The Hall–Kier alpha value is -0.120. The molecular weight excluding hydrogens is 399 g/mol. The van der Waals surface area contributed by atoms with Crippen molar-refractivity contribution in [2.24, 2.45) is 17.3 Å². The maximum absolute atomic E-state index is 12.6. The summed E-state index contributed by atoms with van der Waals surface area (Å²) in [6, 6.07) is 8.37. The molecule has 0 aromatic heterocycles. The van der Waals surface area contributed by atoms with E-state index in [0.717, 1.165) is 5.56 Å². The highest BCUT2D eigenvalue weighted by Crippen LogP contribution is 2.60. The molecule has 0 radical (unpaired) electrons. The van der Waals surface area contributed by atoms with E-state index >= 15 is 0 Å². The quantitative estimate of drug-likeness (QED) is 0.618. The number of alkyl halides is 3. The molecule has 1 aliphatic rings. The van der Waals surface area contributed by atoms with Gasteiger partial charge in [-0.3, -0.25) is 4.79 Å². The van der Waals surface area contributed by atoms with Gasteiger partial charge in [0.15, 0.2) is 0 Å². The number of carbonyl (C=O) groups excluding carboxylic acids is 1. The van der Waals surface area contributed by atoms with Crippen LogP contribution in [0.3, 0.4) is 0 Å². The average molecular weight is 416 g/mol. The number of hydrogen-bond donors (Lipinski definition) is 1. The number of nitrogens with one attached hydrogen (secondary N) is 1. The Balaban J connectivity index is 2.19. The van der Waals surface area contributed by atoms with E-state index in [1.54, 1.807) is 18.2 Å². The molecule has 1 N–H and O–H groups in total. The number of rotatable bonds is 4. The molecule has 1 fully saturated rings. The molecule has 0 aliphatic heterocycles. The lowest BCUT2D eigenvalue weighted by Crippen LogP contribution is -2.38. The number of allylic oxidation sites excluding steroid dienone is 1. The summed E-state index contributed by atoms with van der Waals surface area (Å²) < 4.78 is -1.51. The van der Waals surface area contributed by atoms with Gasteiger partial charge in [0.25, 0.3) is 0 Å². The van der Waals surface area contributed by atoms with Gasteiger partial charge < -0.3 is 5.32 Å². The smallest absolute Gasteiger partial charge is 0.224 e. The second-order valence-corrected chi connectivity index (χ2v) is 9.55. The standard InChI is InChI=1S/C16H16Cl5NO/c1-15(2)10(8-11(17)18)12(15)14(23)22-13(16(19,20)21)9-6-4-3-5-7-9/h3-8,10,12-13H,1-2H3,(H,22,23)/t10-,12+,13+/m1/s1. The Kier molecular flexibility index (Phi) is 5.86. The normalized spacial score (nSPS) is 23.8. The van der Waals surface area contributed by atoms with Gasteiger partial charge in [-0.2, -0.15) is 0 Å². The fourth-order valence-electron chi connectivity index (χ4n) is 2.86. The van der Waals surface area contributed by atoms with Crippen molar-refractivity contribution >= 4 is 63.9 Å². The van der Waals surface area contributed by atoms with Crippen LogP contribution in [0.5, 0.6) is 0 Å². The molecule has 23 heavy (non-hydrogen) atoms. The van der Waals surface area contributed by atoms with E-state index in [1.165, 1.54) is 0 Å². The molecule has 0 spiro atoms. The molecule has 126 valence electrons. The second-order valence-electron chi connectivity index (χ2n) is 6.18. The third kappa shape index (κ3) is 4.49. The Morgan fingerprint density at radius 1 is 1.22 bits per heavy atom. The lowest BCUT2D eigenvalue weighted by molar-refractivity contribution is -0.123. The predicted octanol–water partition coefficient (Wildman–Crippen LogP) is 5.81. The summed E-state index contributed by atoms with van der Waals surface area (Å²) in [4.78, 5) is 12.6. The van der Waals surface area contributed by atoms with Gasteiger partial charge in [-0.15, -0.1) is 0 Å². The molecule has 1 saturated carbocycles. The van der Waals surface area contributed by atoms with E-state index in [2.05, 4.69) is 5.32 Å². The van der Waals surface area contributed by atoms with Gasteiger partial charge >= 0.3 is 0 Å². The first-order valence-corrected chi connectivity index (χ1v) is 8.89. The fraction of sp³-hybridized carbons (Fsp3) is 0.438. The van der Waals surface area contributed by atoms with Crippen LogP contribution in [0, 0.1) is 17.3 Å². The third-order valence-electron chi connectivity index (χ3n) is 4.25. The number of halogens is 5. The van der Waals surface area contributed by atoms with Crippen molar-refractivity contribution in [3.63, 3.8) is 0 Å². The van der Waals surface area contributed by atoms with E-state index < -0.39 is 9.83 Å². The van der Waals surface area contributed by atoms with Crippen molar-refractivity contribution in [3.05, 3.63) is 46.5 Å². The summed E-state index contributed by atoms with van der Waals surface area (Å²) in [6.07, 6.45) is 1.68. The molecule has 0 saturated heterocycles. The van der Waals surface area contributed by atoms with Crippen LogP contribution in [0.2, 0.25) is 0 Å². The number of amides is 1. The molecule has 1 amide bonds. The Bertz CT molecular complexity index is 605. The van der Waals surface area contributed by atoms with Crippen molar-refractivity contribution < 1.29 is 4.79 Å². The molecule has 1 aromatic carbocycles. The van der Waals surface area contributed by atoms with E-state index in [0.29, 0.717) is 0 Å². The summed E-state index contributed by atoms with van der Waals surface area (Å²) in [7, 11) is 0. The van der Waals surface area contributed by atoms with E-state index in [1.807, 2.05) is 32.0 Å². The van der Waals surface area contributed by atoms with Crippen LogP contribution >= 0.6 is 58.0 Å². The van der Waals surface area contributed by atoms with Gasteiger partial charge in [-0.25, -0.2) is 0 Å². The van der Waals surface area contributed by atoms with Gasteiger partial charge in [0.05, 0.1) is 5.92 Å². The van der Waals surface area contributed by atoms with Crippen LogP contribution < -0.4 is 5.32 Å². The summed E-state index contributed by atoms with van der Waals surface area (Å²) in [5.74, 6) is -0.501. The highest BCUT2D eigenvalue weighted by atomic mass is 35.6. The Morgan fingerprint density at radius 3 is 2.26 bits per heavy atom. The van der Waals surface area contributed by atoms with E-state index in [4.69, 9.17) is 58.0 Å². The summed E-state index contributed by atoms with van der Waals surface area (Å²) in [5.41, 5.74) is 0.482. The van der Waals surface area contributed by atoms with Gasteiger partial charge in [-0.1, -0.05) is 102 Å². The topological polar surface area (TPSA) is 29.1 Å². The highest BCUT2D eigenvalue weighted by Gasteiger charge is 2.61. The minimum absolute atomic E-state index is 0.0423. The molecule has 0 unspecified atom stereocenters. The largest absolute Gasteiger partial charge is 0.345 e. The molecule has 7 heteroatoms.